The molecule has 1 fully saturated rings. The van der Waals surface area contributed by atoms with Crippen LogP contribution in [0.2, 0.25) is 0 Å². The summed E-state index contributed by atoms with van der Waals surface area (Å²) >= 11 is 0. The molecule has 5 nitrogen and oxygen atoms in total. The van der Waals surface area contributed by atoms with Crippen LogP contribution in [0.1, 0.15) is 40.5 Å². The number of ether oxygens (including phenoxy) is 1. The van der Waals surface area contributed by atoms with Gasteiger partial charge >= 0.3 is 0 Å². The zero-order chi connectivity index (χ0) is 17.6. The van der Waals surface area contributed by atoms with Gasteiger partial charge in [0.05, 0.1) is 30.1 Å². The number of piperidine rings is 1. The average molecular weight is 328 g/mol. The highest BCUT2D eigenvalue weighted by atomic mass is 16.5. The van der Waals surface area contributed by atoms with Crippen LogP contribution in [0.25, 0.3) is 0 Å². The van der Waals surface area contributed by atoms with E-state index in [1.165, 1.54) is 0 Å². The molecule has 1 spiro atoms. The second kappa shape index (κ2) is 5.56. The normalized spacial score (nSPS) is 23.1. The molecule has 0 saturated carbocycles. The van der Waals surface area contributed by atoms with Gasteiger partial charge in [0.25, 0.3) is 0 Å². The summed E-state index contributed by atoms with van der Waals surface area (Å²) in [6, 6.07) is 8.37. The number of methoxy groups -OCH3 is 1. The van der Waals surface area contributed by atoms with Crippen LogP contribution in [-0.2, 0) is 0 Å². The molecule has 0 radical (unpaired) electrons. The lowest BCUT2D eigenvalue weighted by Gasteiger charge is -2.56. The van der Waals surface area contributed by atoms with Crippen molar-refractivity contribution in [2.75, 3.05) is 30.4 Å². The molecule has 2 N–H and O–H groups in total. The quantitative estimate of drug-likeness (QED) is 0.817. The zero-order valence-corrected chi connectivity index (χ0v) is 15.4. The summed E-state index contributed by atoms with van der Waals surface area (Å²) < 4.78 is 5.40. The van der Waals surface area contributed by atoms with Gasteiger partial charge in [-0.15, -0.1) is 0 Å². The van der Waals surface area contributed by atoms with Crippen LogP contribution < -0.4 is 20.3 Å². The Morgan fingerprint density at radius 2 is 1.88 bits per heavy atom. The molecule has 3 rings (SSSR count). The predicted octanol–water partition coefficient (Wildman–Crippen LogP) is 3.13. The molecule has 0 bridgehead atoms. The van der Waals surface area contributed by atoms with Crippen LogP contribution in [0, 0.1) is 11.3 Å². The van der Waals surface area contributed by atoms with Crippen LogP contribution in [0.15, 0.2) is 18.2 Å². The van der Waals surface area contributed by atoms with Gasteiger partial charge in [0.15, 0.2) is 0 Å². The van der Waals surface area contributed by atoms with E-state index in [0.29, 0.717) is 6.54 Å². The molecule has 2 aliphatic rings. The lowest BCUT2D eigenvalue weighted by molar-refractivity contribution is 0.119. The fourth-order valence-corrected chi connectivity index (χ4v) is 4.98. The molecule has 2 aliphatic heterocycles. The highest BCUT2D eigenvalue weighted by molar-refractivity contribution is 5.76. The van der Waals surface area contributed by atoms with Gasteiger partial charge in [-0.2, -0.15) is 5.26 Å². The molecule has 5 heteroatoms. The first-order valence-electron chi connectivity index (χ1n) is 8.55. The molecule has 1 saturated heterocycles. The number of hydrogen-bond acceptors (Lipinski definition) is 5. The third-order valence-corrected chi connectivity index (χ3v) is 4.94. The Kier molecular flexibility index (Phi) is 3.92. The molecule has 1 aromatic carbocycles. The Morgan fingerprint density at radius 3 is 2.46 bits per heavy atom. The molecule has 24 heavy (non-hydrogen) atoms. The Labute approximate surface area is 145 Å². The monoisotopic (exact) mass is 328 g/mol. The van der Waals surface area contributed by atoms with Crippen molar-refractivity contribution in [1.82, 2.24) is 5.32 Å². The molecule has 0 amide bonds. The van der Waals surface area contributed by atoms with Crippen LogP contribution in [0.5, 0.6) is 5.75 Å². The van der Waals surface area contributed by atoms with E-state index < -0.39 is 0 Å². The lowest BCUT2D eigenvalue weighted by Crippen LogP contribution is -2.69. The van der Waals surface area contributed by atoms with E-state index in [-0.39, 0.29) is 16.6 Å². The average Bonchev–Trinajstić information content (AvgIpc) is 2.42. The topological polar surface area (TPSA) is 60.3 Å². The Balaban J connectivity index is 2.03. The lowest BCUT2D eigenvalue weighted by atomic mass is 9.69. The first kappa shape index (κ1) is 16.9. The second-order valence-electron chi connectivity index (χ2n) is 8.55. The Morgan fingerprint density at radius 1 is 1.21 bits per heavy atom. The van der Waals surface area contributed by atoms with Crippen molar-refractivity contribution in [2.45, 2.75) is 57.2 Å². The van der Waals surface area contributed by atoms with Gasteiger partial charge < -0.3 is 20.3 Å². The maximum absolute atomic E-state index is 9.29. The van der Waals surface area contributed by atoms with Crippen molar-refractivity contribution in [2.24, 2.45) is 0 Å². The van der Waals surface area contributed by atoms with Gasteiger partial charge in [-0.3, -0.25) is 0 Å². The van der Waals surface area contributed by atoms with Gasteiger partial charge in [0.2, 0.25) is 0 Å². The fraction of sp³-hybridized carbons (Fsp3) is 0.632. The zero-order valence-electron chi connectivity index (χ0n) is 15.4. The highest BCUT2D eigenvalue weighted by Gasteiger charge is 2.49. The molecule has 1 aromatic rings. The number of nitrogens with one attached hydrogen (secondary N) is 2. The summed E-state index contributed by atoms with van der Waals surface area (Å²) in [6.07, 6.45) is 2.00. The molecular formula is C19H28N4O. The maximum atomic E-state index is 9.29. The standard InChI is InChI=1S/C19H28N4O/c1-17(2)11-19(12-18(3,4)22-17)13-23(9-8-20)16-7-6-14(24-5)10-15(16)21-19/h6-7,10,21-22H,9,11-13H2,1-5H3. The van der Waals surface area contributed by atoms with Crippen LogP contribution in [0.4, 0.5) is 11.4 Å². The van der Waals surface area contributed by atoms with E-state index in [1.54, 1.807) is 7.11 Å². The van der Waals surface area contributed by atoms with Gasteiger partial charge in [0, 0.05) is 23.7 Å². The van der Waals surface area contributed by atoms with Crippen molar-refractivity contribution < 1.29 is 4.74 Å². The van der Waals surface area contributed by atoms with Crippen molar-refractivity contribution in [1.29, 1.82) is 5.26 Å². The number of rotatable bonds is 2. The van der Waals surface area contributed by atoms with E-state index >= 15 is 0 Å². The van der Waals surface area contributed by atoms with Crippen molar-refractivity contribution in [3.63, 3.8) is 0 Å². The molecule has 0 atom stereocenters. The van der Waals surface area contributed by atoms with Crippen molar-refractivity contribution in [3.05, 3.63) is 18.2 Å². The Hall–Kier alpha value is -1.93. The summed E-state index contributed by atoms with van der Waals surface area (Å²) in [6.45, 7) is 10.3. The molecular weight excluding hydrogens is 300 g/mol. The van der Waals surface area contributed by atoms with E-state index in [4.69, 9.17) is 4.74 Å². The third-order valence-electron chi connectivity index (χ3n) is 4.94. The highest BCUT2D eigenvalue weighted by Crippen LogP contribution is 2.45. The SMILES string of the molecule is COc1ccc2c(c1)NC1(CN2CC#N)CC(C)(C)NC(C)(C)C1. The summed E-state index contributed by atoms with van der Waals surface area (Å²) in [5, 5.41) is 16.9. The number of nitriles is 1. The summed E-state index contributed by atoms with van der Waals surface area (Å²) in [4.78, 5) is 2.20. The summed E-state index contributed by atoms with van der Waals surface area (Å²) in [5.74, 6) is 0.836. The smallest absolute Gasteiger partial charge is 0.121 e. The number of anilines is 2. The summed E-state index contributed by atoms with van der Waals surface area (Å²) in [7, 11) is 1.68. The van der Waals surface area contributed by atoms with Crippen molar-refractivity contribution >= 4 is 11.4 Å². The molecule has 130 valence electrons. The van der Waals surface area contributed by atoms with E-state index in [1.807, 2.05) is 18.2 Å². The van der Waals surface area contributed by atoms with E-state index in [0.717, 1.165) is 36.5 Å². The number of fused-ring (bicyclic) bond motifs is 1. The van der Waals surface area contributed by atoms with Crippen LogP contribution in [0.3, 0.4) is 0 Å². The minimum atomic E-state index is -0.0610. The van der Waals surface area contributed by atoms with Crippen LogP contribution in [-0.4, -0.2) is 36.8 Å². The number of hydrogen-bond donors (Lipinski definition) is 2. The molecule has 0 unspecified atom stereocenters. The predicted molar refractivity (Wildman–Crippen MR) is 97.7 cm³/mol. The fourth-order valence-electron chi connectivity index (χ4n) is 4.98. The molecule has 0 aliphatic carbocycles. The summed E-state index contributed by atoms with van der Waals surface area (Å²) in [5.41, 5.74) is 2.14. The number of benzene rings is 1. The molecule has 0 aromatic heterocycles. The van der Waals surface area contributed by atoms with Gasteiger partial charge in [-0.05, 0) is 52.7 Å². The largest absolute Gasteiger partial charge is 0.497 e. The third kappa shape index (κ3) is 3.16. The van der Waals surface area contributed by atoms with Crippen molar-refractivity contribution in [3.8, 4) is 11.8 Å². The minimum absolute atomic E-state index is 0.0312. The first-order chi connectivity index (χ1) is 11.2. The Bertz CT molecular complexity index is 658. The van der Waals surface area contributed by atoms with Gasteiger partial charge in [-0.25, -0.2) is 0 Å². The minimum Gasteiger partial charge on any atom is -0.497 e. The van der Waals surface area contributed by atoms with Gasteiger partial charge in [-0.1, -0.05) is 0 Å². The molecule has 2 heterocycles. The van der Waals surface area contributed by atoms with E-state index in [9.17, 15) is 5.26 Å². The van der Waals surface area contributed by atoms with Crippen LogP contribution >= 0.6 is 0 Å². The van der Waals surface area contributed by atoms with Gasteiger partial charge in [0.1, 0.15) is 12.3 Å². The number of nitrogens with zero attached hydrogens (tertiary/aromatic N) is 2. The first-order valence-corrected chi connectivity index (χ1v) is 8.55. The van der Waals surface area contributed by atoms with E-state index in [2.05, 4.69) is 49.3 Å². The second-order valence-corrected chi connectivity index (χ2v) is 8.55. The maximum Gasteiger partial charge on any atom is 0.121 e.